The number of furan rings is 1. The summed E-state index contributed by atoms with van der Waals surface area (Å²) < 4.78 is 24.3. The zero-order chi connectivity index (χ0) is 16.1. The van der Waals surface area contributed by atoms with E-state index in [1.54, 1.807) is 12.1 Å². The van der Waals surface area contributed by atoms with Crippen molar-refractivity contribution < 1.29 is 13.5 Å². The van der Waals surface area contributed by atoms with Crippen LogP contribution in [0.3, 0.4) is 0 Å². The predicted molar refractivity (Wildman–Crippen MR) is 95.3 cm³/mol. The van der Waals surface area contributed by atoms with Crippen LogP contribution in [0.4, 0.5) is 4.39 Å². The molecule has 0 atom stereocenters. The van der Waals surface area contributed by atoms with Crippen molar-refractivity contribution in [1.29, 1.82) is 0 Å². The van der Waals surface area contributed by atoms with E-state index in [2.05, 4.69) is 10.2 Å². The molecule has 132 valence electrons. The first-order valence-corrected chi connectivity index (χ1v) is 8.15. The minimum Gasteiger partial charge on any atom is -0.460 e. The van der Waals surface area contributed by atoms with Gasteiger partial charge in [-0.3, -0.25) is 4.90 Å². The second kappa shape index (κ2) is 9.39. The minimum absolute atomic E-state index is 0. The topological polar surface area (TPSA) is 37.6 Å². The molecule has 1 fully saturated rings. The van der Waals surface area contributed by atoms with E-state index >= 15 is 0 Å². The lowest BCUT2D eigenvalue weighted by atomic mass is 10.2. The van der Waals surface area contributed by atoms with Gasteiger partial charge in [0.15, 0.2) is 0 Å². The van der Waals surface area contributed by atoms with E-state index in [0.29, 0.717) is 12.3 Å². The van der Waals surface area contributed by atoms with Gasteiger partial charge in [-0.2, -0.15) is 0 Å². The third kappa shape index (κ3) is 5.19. The van der Waals surface area contributed by atoms with Crippen LogP contribution in [-0.4, -0.2) is 44.3 Å². The number of benzene rings is 1. The maximum absolute atomic E-state index is 13.2. The number of hydrogen-bond donors (Lipinski definition) is 1. The molecule has 4 nitrogen and oxygen atoms in total. The number of rotatable bonds is 6. The highest BCUT2D eigenvalue weighted by Crippen LogP contribution is 2.26. The Morgan fingerprint density at radius 3 is 2.71 bits per heavy atom. The van der Waals surface area contributed by atoms with E-state index in [1.807, 2.05) is 12.1 Å². The molecule has 1 aromatic heterocycles. The van der Waals surface area contributed by atoms with E-state index in [4.69, 9.17) is 20.8 Å². The molecule has 7 heteroatoms. The molecular formula is C17H21Cl2FN2O2. The van der Waals surface area contributed by atoms with Gasteiger partial charge < -0.3 is 14.5 Å². The molecule has 0 aliphatic carbocycles. The maximum Gasteiger partial charge on any atom is 0.141 e. The molecule has 1 N–H and O–H groups in total. The monoisotopic (exact) mass is 374 g/mol. The minimum atomic E-state index is -0.424. The van der Waals surface area contributed by atoms with Gasteiger partial charge in [0.2, 0.25) is 0 Å². The second-order valence-electron chi connectivity index (χ2n) is 5.53. The molecule has 0 unspecified atom stereocenters. The summed E-state index contributed by atoms with van der Waals surface area (Å²) in [6.07, 6.45) is 0. The van der Waals surface area contributed by atoms with E-state index in [0.717, 1.165) is 50.7 Å². The van der Waals surface area contributed by atoms with E-state index in [9.17, 15) is 4.39 Å². The summed E-state index contributed by atoms with van der Waals surface area (Å²) in [6.45, 7) is 6.21. The quantitative estimate of drug-likeness (QED) is 0.784. The maximum atomic E-state index is 13.2. The molecule has 2 aromatic rings. The summed E-state index contributed by atoms with van der Waals surface area (Å²) in [5, 5.41) is 3.47. The Labute approximate surface area is 152 Å². The highest BCUT2D eigenvalue weighted by Gasteiger charge is 2.10. The number of nitrogens with zero attached hydrogens (tertiary/aromatic N) is 1. The molecule has 2 heterocycles. The highest BCUT2D eigenvalue weighted by molar-refractivity contribution is 6.31. The first-order valence-electron chi connectivity index (χ1n) is 7.77. The average molecular weight is 375 g/mol. The van der Waals surface area contributed by atoms with E-state index in [1.165, 1.54) is 6.07 Å². The Bertz CT molecular complexity index is 645. The van der Waals surface area contributed by atoms with Crippen molar-refractivity contribution in [1.82, 2.24) is 10.2 Å². The molecule has 1 saturated heterocycles. The van der Waals surface area contributed by atoms with Gasteiger partial charge in [0, 0.05) is 31.7 Å². The van der Waals surface area contributed by atoms with Crippen LogP contribution < -0.4 is 5.32 Å². The molecule has 24 heavy (non-hydrogen) atoms. The lowest BCUT2D eigenvalue weighted by Gasteiger charge is -2.26. The van der Waals surface area contributed by atoms with E-state index < -0.39 is 5.82 Å². The van der Waals surface area contributed by atoms with Crippen molar-refractivity contribution in [3.05, 3.63) is 46.9 Å². The van der Waals surface area contributed by atoms with Crippen molar-refractivity contribution in [2.45, 2.75) is 6.54 Å². The summed E-state index contributed by atoms with van der Waals surface area (Å²) in [7, 11) is 0. The van der Waals surface area contributed by atoms with Gasteiger partial charge in [-0.1, -0.05) is 11.6 Å². The normalized spacial score (nSPS) is 15.2. The SMILES string of the molecule is Cl.Fc1ccc(-c2ccc(CNCCN3CCOCC3)o2)cc1Cl. The smallest absolute Gasteiger partial charge is 0.141 e. The largest absolute Gasteiger partial charge is 0.460 e. The van der Waals surface area contributed by atoms with Gasteiger partial charge in [0.25, 0.3) is 0 Å². The van der Waals surface area contributed by atoms with Gasteiger partial charge in [0.05, 0.1) is 24.8 Å². The average Bonchev–Trinajstić information content (AvgIpc) is 3.04. The highest BCUT2D eigenvalue weighted by atomic mass is 35.5. The molecule has 1 aliphatic heterocycles. The van der Waals surface area contributed by atoms with Crippen molar-refractivity contribution in [3.63, 3.8) is 0 Å². The molecule has 1 aromatic carbocycles. The molecule has 0 saturated carbocycles. The standard InChI is InChI=1S/C17H20ClFN2O2.ClH/c18-15-11-13(1-3-16(15)19)17-4-2-14(23-17)12-20-5-6-21-7-9-22-10-8-21;/h1-4,11,20H,5-10,12H2;1H. The van der Waals surface area contributed by atoms with Crippen LogP contribution in [0.15, 0.2) is 34.7 Å². The summed E-state index contributed by atoms with van der Waals surface area (Å²) >= 11 is 5.80. The summed E-state index contributed by atoms with van der Waals surface area (Å²) in [5.74, 6) is 1.12. The Morgan fingerprint density at radius 1 is 1.17 bits per heavy atom. The lowest BCUT2D eigenvalue weighted by Crippen LogP contribution is -2.40. The molecular weight excluding hydrogens is 354 g/mol. The second-order valence-corrected chi connectivity index (χ2v) is 5.93. The first-order chi connectivity index (χ1) is 11.2. The zero-order valence-electron chi connectivity index (χ0n) is 13.3. The van der Waals surface area contributed by atoms with Crippen LogP contribution in [0.1, 0.15) is 5.76 Å². The number of halogens is 3. The zero-order valence-corrected chi connectivity index (χ0v) is 14.8. The number of hydrogen-bond acceptors (Lipinski definition) is 4. The van der Waals surface area contributed by atoms with Gasteiger partial charge in [-0.05, 0) is 30.3 Å². The van der Waals surface area contributed by atoms with Crippen LogP contribution in [0.2, 0.25) is 5.02 Å². The van der Waals surface area contributed by atoms with Crippen molar-refractivity contribution in [2.75, 3.05) is 39.4 Å². The van der Waals surface area contributed by atoms with Gasteiger partial charge >= 0.3 is 0 Å². The van der Waals surface area contributed by atoms with Gasteiger partial charge in [-0.15, -0.1) is 12.4 Å². The van der Waals surface area contributed by atoms with Crippen molar-refractivity contribution in [3.8, 4) is 11.3 Å². The molecule has 0 spiro atoms. The molecule has 0 radical (unpaired) electrons. The summed E-state index contributed by atoms with van der Waals surface area (Å²) in [6, 6.07) is 8.39. The number of morpholine rings is 1. The Kier molecular flexibility index (Phi) is 7.52. The van der Waals surface area contributed by atoms with Crippen LogP contribution in [0, 0.1) is 5.82 Å². The summed E-state index contributed by atoms with van der Waals surface area (Å²) in [4.78, 5) is 2.38. The molecule has 0 amide bonds. The third-order valence-corrected chi connectivity index (χ3v) is 4.16. The van der Waals surface area contributed by atoms with Gasteiger partial charge in [0.1, 0.15) is 17.3 Å². The fraction of sp³-hybridized carbons (Fsp3) is 0.412. The lowest BCUT2D eigenvalue weighted by molar-refractivity contribution is 0.0383. The Hall–Kier alpha value is -1.11. The van der Waals surface area contributed by atoms with Crippen LogP contribution in [0.25, 0.3) is 11.3 Å². The first kappa shape index (κ1) is 19.2. The number of ether oxygens (including phenoxy) is 1. The van der Waals surface area contributed by atoms with Crippen molar-refractivity contribution >= 4 is 24.0 Å². The van der Waals surface area contributed by atoms with Crippen molar-refractivity contribution in [2.24, 2.45) is 0 Å². The van der Waals surface area contributed by atoms with Gasteiger partial charge in [-0.25, -0.2) is 4.39 Å². The van der Waals surface area contributed by atoms with Crippen LogP contribution in [0.5, 0.6) is 0 Å². The Balaban J connectivity index is 0.00000208. The van der Waals surface area contributed by atoms with E-state index in [-0.39, 0.29) is 17.4 Å². The van der Waals surface area contributed by atoms with Crippen LogP contribution >= 0.6 is 24.0 Å². The fourth-order valence-electron chi connectivity index (χ4n) is 2.55. The van der Waals surface area contributed by atoms with Crippen LogP contribution in [-0.2, 0) is 11.3 Å². The third-order valence-electron chi connectivity index (χ3n) is 3.87. The Morgan fingerprint density at radius 2 is 1.96 bits per heavy atom. The fourth-order valence-corrected chi connectivity index (χ4v) is 2.73. The number of nitrogens with one attached hydrogen (secondary N) is 1. The molecule has 3 rings (SSSR count). The predicted octanol–water partition coefficient (Wildman–Crippen LogP) is 3.58. The summed E-state index contributed by atoms with van der Waals surface area (Å²) in [5.41, 5.74) is 0.774. The molecule has 1 aliphatic rings. The molecule has 0 bridgehead atoms.